The number of hydrogen-bond acceptors (Lipinski definition) is 4. The molecule has 1 aliphatic carbocycles. The van der Waals surface area contributed by atoms with E-state index in [4.69, 9.17) is 17.0 Å². The van der Waals surface area contributed by atoms with E-state index in [-0.39, 0.29) is 18.1 Å². The number of hydrogen-bond donors (Lipinski definition) is 2. The topological polar surface area (TPSA) is 53.6 Å². The minimum atomic E-state index is -0.308. The Morgan fingerprint density at radius 3 is 2.43 bits per heavy atom. The Bertz CT molecular complexity index is 772. The molecular weight excluding hydrogens is 370 g/mol. The van der Waals surface area contributed by atoms with Gasteiger partial charge in [-0.05, 0) is 67.9 Å². The van der Waals surface area contributed by atoms with Crippen LogP contribution in [0.25, 0.3) is 0 Å². The van der Waals surface area contributed by atoms with Gasteiger partial charge in [0.15, 0.2) is 5.11 Å². The second kappa shape index (κ2) is 8.52. The summed E-state index contributed by atoms with van der Waals surface area (Å²) in [6, 6.07) is 7.85. The van der Waals surface area contributed by atoms with Crippen molar-refractivity contribution < 1.29 is 9.53 Å². The lowest BCUT2D eigenvalue weighted by Gasteiger charge is -2.34. The van der Waals surface area contributed by atoms with Gasteiger partial charge >= 0.3 is 5.97 Å². The molecule has 1 aliphatic heterocycles. The molecule has 0 spiro atoms. The van der Waals surface area contributed by atoms with Crippen molar-refractivity contribution in [1.82, 2.24) is 10.6 Å². The van der Waals surface area contributed by atoms with Crippen LogP contribution >= 0.6 is 12.2 Å². The molecule has 152 valence electrons. The van der Waals surface area contributed by atoms with E-state index in [0.29, 0.717) is 22.5 Å². The zero-order chi connectivity index (χ0) is 20.4. The van der Waals surface area contributed by atoms with Crippen molar-refractivity contribution in [2.45, 2.75) is 52.2 Å². The molecule has 0 aromatic heterocycles. The third kappa shape index (κ3) is 4.49. The maximum atomic E-state index is 13.1. The number of nitrogens with zero attached hydrogens (tertiary/aromatic N) is 1. The standard InChI is InChI=1S/C22H31N3O2S/c1-13-6-11-18(12-14(13)2)27-21(26)19-15(3)23-22(28)24-20(19)16-7-9-17(10-8-16)25(4)5/h7-10,13-14,18,20H,6,11-12H2,1-5H3,(H2,23,24,28)/t13-,14+,18+,20-/m0/s1. The zero-order valence-electron chi connectivity index (χ0n) is 17.4. The van der Waals surface area contributed by atoms with E-state index in [0.717, 1.165) is 36.2 Å². The van der Waals surface area contributed by atoms with E-state index < -0.39 is 0 Å². The van der Waals surface area contributed by atoms with Crippen LogP contribution in [0, 0.1) is 11.8 Å². The van der Waals surface area contributed by atoms with Crippen LogP contribution in [0.5, 0.6) is 0 Å². The normalized spacial score (nSPS) is 27.7. The number of carbonyl (C=O) groups is 1. The Morgan fingerprint density at radius 1 is 1.14 bits per heavy atom. The Labute approximate surface area is 173 Å². The lowest BCUT2D eigenvalue weighted by Crippen LogP contribution is -2.45. The summed E-state index contributed by atoms with van der Waals surface area (Å²) in [6.07, 6.45) is 2.96. The number of benzene rings is 1. The molecule has 0 amide bonds. The van der Waals surface area contributed by atoms with Crippen molar-refractivity contribution >= 4 is 29.0 Å². The molecule has 6 heteroatoms. The van der Waals surface area contributed by atoms with Crippen LogP contribution in [-0.2, 0) is 9.53 Å². The predicted octanol–water partition coefficient (Wildman–Crippen LogP) is 3.91. The minimum absolute atomic E-state index is 0.00959. The number of allylic oxidation sites excluding steroid dienone is 1. The Hall–Kier alpha value is -2.08. The van der Waals surface area contributed by atoms with Gasteiger partial charge in [-0.1, -0.05) is 26.0 Å². The van der Waals surface area contributed by atoms with Crippen molar-refractivity contribution in [3.05, 3.63) is 41.1 Å². The fraction of sp³-hybridized carbons (Fsp3) is 0.545. The molecule has 1 aromatic carbocycles. The average molecular weight is 402 g/mol. The number of rotatable bonds is 4. The molecule has 0 saturated heterocycles. The van der Waals surface area contributed by atoms with E-state index in [1.807, 2.05) is 50.2 Å². The lowest BCUT2D eigenvalue weighted by molar-refractivity contribution is -0.147. The maximum Gasteiger partial charge on any atom is 0.338 e. The second-order valence-corrected chi connectivity index (χ2v) is 8.76. The van der Waals surface area contributed by atoms with E-state index in [9.17, 15) is 4.79 Å². The van der Waals surface area contributed by atoms with Crippen LogP contribution < -0.4 is 15.5 Å². The average Bonchev–Trinajstić information content (AvgIpc) is 2.64. The van der Waals surface area contributed by atoms with Gasteiger partial charge in [0.05, 0.1) is 11.6 Å². The fourth-order valence-corrected chi connectivity index (χ4v) is 4.27. The molecule has 5 nitrogen and oxygen atoms in total. The van der Waals surface area contributed by atoms with Crippen LogP contribution in [0.3, 0.4) is 0 Å². The first-order valence-electron chi connectivity index (χ1n) is 10.0. The Balaban J connectivity index is 1.82. The molecule has 28 heavy (non-hydrogen) atoms. The largest absolute Gasteiger partial charge is 0.459 e. The quantitative estimate of drug-likeness (QED) is 0.589. The first kappa shape index (κ1) is 20.6. The van der Waals surface area contributed by atoms with E-state index in [2.05, 4.69) is 24.5 Å². The SMILES string of the molecule is CC1=C(C(=O)O[C@@H]2CC[C@H](C)[C@H](C)C2)[C@H](c2ccc(N(C)C)cc2)NC(=S)N1. The Kier molecular flexibility index (Phi) is 6.28. The molecule has 1 saturated carbocycles. The van der Waals surface area contributed by atoms with Crippen molar-refractivity contribution in [3.63, 3.8) is 0 Å². The molecule has 2 aliphatic rings. The van der Waals surface area contributed by atoms with Gasteiger partial charge in [-0.3, -0.25) is 0 Å². The molecule has 0 unspecified atom stereocenters. The highest BCUT2D eigenvalue weighted by atomic mass is 32.1. The van der Waals surface area contributed by atoms with E-state index in [1.165, 1.54) is 0 Å². The van der Waals surface area contributed by atoms with Gasteiger partial charge in [-0.2, -0.15) is 0 Å². The van der Waals surface area contributed by atoms with E-state index in [1.54, 1.807) is 0 Å². The highest BCUT2D eigenvalue weighted by molar-refractivity contribution is 7.80. The smallest absolute Gasteiger partial charge is 0.338 e. The molecule has 0 radical (unpaired) electrons. The van der Waals surface area contributed by atoms with Gasteiger partial charge in [0.1, 0.15) is 6.10 Å². The molecule has 4 atom stereocenters. The van der Waals surface area contributed by atoms with Gasteiger partial charge in [-0.25, -0.2) is 4.79 Å². The fourth-order valence-electron chi connectivity index (χ4n) is 4.00. The highest BCUT2D eigenvalue weighted by Crippen LogP contribution is 2.33. The number of esters is 1. The second-order valence-electron chi connectivity index (χ2n) is 8.35. The summed E-state index contributed by atoms with van der Waals surface area (Å²) in [5.74, 6) is 1.01. The van der Waals surface area contributed by atoms with Crippen LogP contribution in [-0.4, -0.2) is 31.3 Å². The van der Waals surface area contributed by atoms with Gasteiger partial charge in [0, 0.05) is 25.5 Å². The molecule has 3 rings (SSSR count). The summed E-state index contributed by atoms with van der Waals surface area (Å²) >= 11 is 5.34. The highest BCUT2D eigenvalue weighted by Gasteiger charge is 2.34. The van der Waals surface area contributed by atoms with Crippen molar-refractivity contribution in [3.8, 4) is 0 Å². The molecule has 0 bridgehead atoms. The van der Waals surface area contributed by atoms with Crippen molar-refractivity contribution in [1.29, 1.82) is 0 Å². The van der Waals surface area contributed by atoms with Gasteiger partial charge < -0.3 is 20.3 Å². The van der Waals surface area contributed by atoms with Crippen LogP contribution in [0.1, 0.15) is 51.6 Å². The maximum absolute atomic E-state index is 13.1. The summed E-state index contributed by atoms with van der Waals surface area (Å²) in [7, 11) is 4.01. The first-order valence-corrected chi connectivity index (χ1v) is 10.4. The van der Waals surface area contributed by atoms with Gasteiger partial charge in [0.2, 0.25) is 0 Å². The zero-order valence-corrected chi connectivity index (χ0v) is 18.2. The molecule has 1 heterocycles. The number of nitrogens with one attached hydrogen (secondary N) is 2. The van der Waals surface area contributed by atoms with Gasteiger partial charge in [-0.15, -0.1) is 0 Å². The molecule has 1 aromatic rings. The van der Waals surface area contributed by atoms with Crippen LogP contribution in [0.4, 0.5) is 5.69 Å². The molecule has 2 N–H and O–H groups in total. The third-order valence-corrected chi connectivity index (χ3v) is 6.28. The lowest BCUT2D eigenvalue weighted by atomic mass is 9.80. The number of carbonyl (C=O) groups excluding carboxylic acids is 1. The monoisotopic (exact) mass is 401 g/mol. The molecular formula is C22H31N3O2S. The summed E-state index contributed by atoms with van der Waals surface area (Å²) in [5.41, 5.74) is 3.46. The minimum Gasteiger partial charge on any atom is -0.459 e. The summed E-state index contributed by atoms with van der Waals surface area (Å²) in [4.78, 5) is 15.2. The predicted molar refractivity (Wildman–Crippen MR) is 117 cm³/mol. The number of ether oxygens (including phenoxy) is 1. The van der Waals surface area contributed by atoms with Crippen LogP contribution in [0.15, 0.2) is 35.5 Å². The van der Waals surface area contributed by atoms with Crippen LogP contribution in [0.2, 0.25) is 0 Å². The van der Waals surface area contributed by atoms with Crippen molar-refractivity contribution in [2.75, 3.05) is 19.0 Å². The van der Waals surface area contributed by atoms with E-state index >= 15 is 0 Å². The molecule has 1 fully saturated rings. The van der Waals surface area contributed by atoms with Gasteiger partial charge in [0.25, 0.3) is 0 Å². The summed E-state index contributed by atoms with van der Waals surface area (Å²) in [6.45, 7) is 6.40. The number of thiocarbonyl (C=S) groups is 1. The van der Waals surface area contributed by atoms with Crippen molar-refractivity contribution in [2.24, 2.45) is 11.8 Å². The summed E-state index contributed by atoms with van der Waals surface area (Å²) in [5, 5.41) is 6.85. The first-order chi connectivity index (χ1) is 13.3. The number of anilines is 1. The Morgan fingerprint density at radius 2 is 1.82 bits per heavy atom. The third-order valence-electron chi connectivity index (χ3n) is 6.06. The summed E-state index contributed by atoms with van der Waals surface area (Å²) < 4.78 is 5.94.